The van der Waals surface area contributed by atoms with Crippen LogP contribution in [0.2, 0.25) is 0 Å². The third kappa shape index (κ3) is 3.17. The van der Waals surface area contributed by atoms with Crippen molar-refractivity contribution in [3.8, 4) is 0 Å². The van der Waals surface area contributed by atoms with Crippen molar-refractivity contribution in [2.24, 2.45) is 0 Å². The van der Waals surface area contributed by atoms with Crippen LogP contribution in [-0.2, 0) is 19.5 Å². The molecule has 0 fully saturated rings. The van der Waals surface area contributed by atoms with Crippen LogP contribution in [0.4, 0.5) is 0 Å². The molecule has 1 aliphatic heterocycles. The highest BCUT2D eigenvalue weighted by molar-refractivity contribution is 7.89. The van der Waals surface area contributed by atoms with Gasteiger partial charge in [0.05, 0.1) is 17.3 Å². The van der Waals surface area contributed by atoms with Gasteiger partial charge in [0.25, 0.3) is 10.0 Å². The van der Waals surface area contributed by atoms with Gasteiger partial charge in [-0.2, -0.15) is 0 Å². The summed E-state index contributed by atoms with van der Waals surface area (Å²) in [6.07, 6.45) is 7.68. The van der Waals surface area contributed by atoms with Gasteiger partial charge < -0.3 is 9.47 Å². The molecule has 1 heterocycles. The summed E-state index contributed by atoms with van der Waals surface area (Å²) in [6.45, 7) is 1.89. The van der Waals surface area contributed by atoms with Crippen LogP contribution >= 0.6 is 0 Å². The first kappa shape index (κ1) is 13.2. The molecule has 0 radical (unpaired) electrons. The summed E-state index contributed by atoms with van der Waals surface area (Å²) in [7, 11) is -3.66. The Morgan fingerprint density at radius 3 is 1.95 bits per heavy atom. The van der Waals surface area contributed by atoms with Crippen molar-refractivity contribution in [2.75, 3.05) is 0 Å². The standard InChI is InChI=1S/C13H13NO4S/c1-12-2-4-13(5-3-12)19(15,16)14-6-8-17-10-11-18-9-7-14/h2-11H,1H3/b8-6-,9-7-,11-10-. The van der Waals surface area contributed by atoms with Crippen molar-refractivity contribution in [2.45, 2.75) is 11.8 Å². The second-order valence-corrected chi connectivity index (χ2v) is 5.61. The third-order valence-electron chi connectivity index (χ3n) is 2.38. The Morgan fingerprint density at radius 2 is 1.42 bits per heavy atom. The van der Waals surface area contributed by atoms with Crippen molar-refractivity contribution in [3.63, 3.8) is 0 Å². The minimum absolute atomic E-state index is 0.194. The lowest BCUT2D eigenvalue weighted by molar-refractivity contribution is 0.346. The van der Waals surface area contributed by atoms with Gasteiger partial charge in [0.1, 0.15) is 25.0 Å². The number of hydrogen-bond acceptors (Lipinski definition) is 4. The SMILES string of the molecule is Cc1ccc(S(=O)(=O)N2/C=C\O/C=C\O/C=C\2)cc1. The molecule has 0 saturated heterocycles. The quantitative estimate of drug-likeness (QED) is 0.834. The van der Waals surface area contributed by atoms with E-state index >= 15 is 0 Å². The van der Waals surface area contributed by atoms with Crippen molar-refractivity contribution in [1.29, 1.82) is 0 Å². The number of sulfonamides is 1. The maximum Gasteiger partial charge on any atom is 0.267 e. The molecule has 0 saturated carbocycles. The molecule has 1 aromatic rings. The molecular weight excluding hydrogens is 266 g/mol. The van der Waals surface area contributed by atoms with Crippen LogP contribution < -0.4 is 0 Å². The highest BCUT2D eigenvalue weighted by Crippen LogP contribution is 2.17. The molecule has 0 aliphatic carbocycles. The summed E-state index contributed by atoms with van der Waals surface area (Å²) >= 11 is 0. The fourth-order valence-electron chi connectivity index (χ4n) is 1.39. The van der Waals surface area contributed by atoms with E-state index in [1.165, 1.54) is 37.4 Å². The third-order valence-corrected chi connectivity index (χ3v) is 4.05. The molecule has 6 heteroatoms. The summed E-state index contributed by atoms with van der Waals surface area (Å²) in [6, 6.07) is 6.59. The zero-order valence-corrected chi connectivity index (χ0v) is 11.1. The number of ether oxygens (including phenoxy) is 2. The average Bonchev–Trinajstić information content (AvgIpc) is 2.52. The van der Waals surface area contributed by atoms with Crippen LogP contribution in [-0.4, -0.2) is 12.7 Å². The molecule has 0 atom stereocenters. The summed E-state index contributed by atoms with van der Waals surface area (Å²) in [5, 5.41) is 0. The van der Waals surface area contributed by atoms with Crippen LogP contribution in [0.15, 0.2) is 66.6 Å². The van der Waals surface area contributed by atoms with Gasteiger partial charge in [-0.3, -0.25) is 0 Å². The monoisotopic (exact) mass is 279 g/mol. The van der Waals surface area contributed by atoms with Gasteiger partial charge in [-0.05, 0) is 19.1 Å². The number of rotatable bonds is 2. The molecule has 1 aromatic carbocycles. The summed E-state index contributed by atoms with van der Waals surface area (Å²) in [4.78, 5) is 0.194. The van der Waals surface area contributed by atoms with Gasteiger partial charge in [0.15, 0.2) is 0 Å². The first-order chi connectivity index (χ1) is 9.10. The topological polar surface area (TPSA) is 55.8 Å². The summed E-state index contributed by atoms with van der Waals surface area (Å²) < 4.78 is 35.6. The smallest absolute Gasteiger partial charge is 0.267 e. The Balaban J connectivity index is 2.34. The lowest BCUT2D eigenvalue weighted by Crippen LogP contribution is -2.20. The second kappa shape index (κ2) is 5.62. The number of hydrogen-bond donors (Lipinski definition) is 0. The maximum atomic E-state index is 12.4. The van der Waals surface area contributed by atoms with E-state index in [1.807, 2.05) is 6.92 Å². The molecule has 0 N–H and O–H groups in total. The van der Waals surface area contributed by atoms with E-state index in [0.717, 1.165) is 9.87 Å². The molecule has 0 spiro atoms. The first-order valence-electron chi connectivity index (χ1n) is 5.50. The Hall–Kier alpha value is -2.21. The molecule has 0 unspecified atom stereocenters. The predicted molar refractivity (Wildman–Crippen MR) is 69.8 cm³/mol. The van der Waals surface area contributed by atoms with Gasteiger partial charge in [-0.1, -0.05) is 17.7 Å². The lowest BCUT2D eigenvalue weighted by atomic mass is 10.2. The van der Waals surface area contributed by atoms with Crippen LogP contribution in [0.5, 0.6) is 0 Å². The van der Waals surface area contributed by atoms with Gasteiger partial charge >= 0.3 is 0 Å². The zero-order valence-electron chi connectivity index (χ0n) is 10.3. The minimum atomic E-state index is -3.66. The fourth-order valence-corrected chi connectivity index (χ4v) is 2.53. The molecular formula is C13H13NO4S. The molecule has 5 nitrogen and oxygen atoms in total. The number of nitrogens with zero attached hydrogens (tertiary/aromatic N) is 1. The molecule has 0 aromatic heterocycles. The van der Waals surface area contributed by atoms with E-state index in [0.29, 0.717) is 0 Å². The van der Waals surface area contributed by atoms with E-state index in [9.17, 15) is 8.42 Å². The van der Waals surface area contributed by atoms with Crippen molar-refractivity contribution < 1.29 is 17.9 Å². The maximum absolute atomic E-state index is 12.4. The highest BCUT2D eigenvalue weighted by Gasteiger charge is 2.19. The van der Waals surface area contributed by atoms with E-state index in [4.69, 9.17) is 9.47 Å². The lowest BCUT2D eigenvalue weighted by Gasteiger charge is -2.15. The van der Waals surface area contributed by atoms with Crippen molar-refractivity contribution >= 4 is 10.0 Å². The van der Waals surface area contributed by atoms with E-state index in [-0.39, 0.29) is 4.90 Å². The van der Waals surface area contributed by atoms with Crippen LogP contribution in [0, 0.1) is 6.92 Å². The van der Waals surface area contributed by atoms with E-state index in [2.05, 4.69) is 0 Å². The molecule has 2 rings (SSSR count). The highest BCUT2D eigenvalue weighted by atomic mass is 32.2. The Labute approximate surface area is 112 Å². The first-order valence-corrected chi connectivity index (χ1v) is 6.94. The van der Waals surface area contributed by atoms with Crippen LogP contribution in [0.25, 0.3) is 0 Å². The zero-order chi connectivity index (χ0) is 13.7. The average molecular weight is 279 g/mol. The minimum Gasteiger partial charge on any atom is -0.468 e. The molecule has 0 bridgehead atoms. The normalized spacial score (nSPS) is 20.2. The molecule has 19 heavy (non-hydrogen) atoms. The Bertz CT molecular complexity index is 597. The Morgan fingerprint density at radius 1 is 0.895 bits per heavy atom. The van der Waals surface area contributed by atoms with E-state index in [1.54, 1.807) is 24.3 Å². The summed E-state index contributed by atoms with van der Waals surface area (Å²) in [5.41, 5.74) is 0.991. The Kier molecular flexibility index (Phi) is 3.91. The number of aryl methyl sites for hydroxylation is 1. The van der Waals surface area contributed by atoms with Gasteiger partial charge in [-0.25, -0.2) is 12.7 Å². The van der Waals surface area contributed by atoms with Crippen LogP contribution in [0.3, 0.4) is 0 Å². The molecule has 0 amide bonds. The van der Waals surface area contributed by atoms with E-state index < -0.39 is 10.0 Å². The van der Waals surface area contributed by atoms with Crippen molar-refractivity contribution in [3.05, 3.63) is 67.3 Å². The summed E-state index contributed by atoms with van der Waals surface area (Å²) in [5.74, 6) is 0. The largest absolute Gasteiger partial charge is 0.468 e. The number of benzene rings is 1. The van der Waals surface area contributed by atoms with Gasteiger partial charge in [0, 0.05) is 0 Å². The van der Waals surface area contributed by atoms with Crippen molar-refractivity contribution in [1.82, 2.24) is 4.31 Å². The molecule has 1 aliphatic rings. The predicted octanol–water partition coefficient (Wildman–Crippen LogP) is 2.45. The van der Waals surface area contributed by atoms with Gasteiger partial charge in [0.2, 0.25) is 0 Å². The molecule has 100 valence electrons. The van der Waals surface area contributed by atoms with Gasteiger partial charge in [-0.15, -0.1) is 0 Å². The second-order valence-electron chi connectivity index (χ2n) is 3.76. The fraction of sp³-hybridized carbons (Fsp3) is 0.0769. The van der Waals surface area contributed by atoms with Crippen LogP contribution in [0.1, 0.15) is 5.56 Å².